The lowest BCUT2D eigenvalue weighted by molar-refractivity contribution is 0.256. The molecule has 0 heterocycles. The first-order chi connectivity index (χ1) is 8.25. The van der Waals surface area contributed by atoms with E-state index in [1.807, 2.05) is 0 Å². The minimum atomic E-state index is -0.271. The van der Waals surface area contributed by atoms with Crippen LogP contribution in [0.5, 0.6) is 0 Å². The van der Waals surface area contributed by atoms with Crippen molar-refractivity contribution in [3.05, 3.63) is 33.8 Å². The van der Waals surface area contributed by atoms with Gasteiger partial charge in [0.2, 0.25) is 6.08 Å². The van der Waals surface area contributed by atoms with Crippen molar-refractivity contribution in [3.8, 4) is 0 Å². The highest BCUT2D eigenvalue weighted by Crippen LogP contribution is 2.48. The number of hydrogen-bond acceptors (Lipinski definition) is 2. The van der Waals surface area contributed by atoms with E-state index in [2.05, 4.69) is 39.1 Å². The van der Waals surface area contributed by atoms with Gasteiger partial charge < -0.3 is 0 Å². The average Bonchev–Trinajstić information content (AvgIpc) is 3.07. The van der Waals surface area contributed by atoms with Crippen molar-refractivity contribution in [1.29, 1.82) is 0 Å². The highest BCUT2D eigenvalue weighted by atomic mass is 79.9. The van der Waals surface area contributed by atoms with Gasteiger partial charge in [-0.1, -0.05) is 28.1 Å². The summed E-state index contributed by atoms with van der Waals surface area (Å²) in [4.78, 5) is 14.6. The Morgan fingerprint density at radius 3 is 2.59 bits per heavy atom. The normalized spacial score (nSPS) is 21.5. The maximum absolute atomic E-state index is 10.6. The molecule has 1 aromatic carbocycles. The Hall–Kier alpha value is -0.920. The summed E-state index contributed by atoms with van der Waals surface area (Å²) in [5.74, 6) is 0.741. The van der Waals surface area contributed by atoms with E-state index in [9.17, 15) is 4.79 Å². The summed E-state index contributed by atoms with van der Waals surface area (Å²) in [7, 11) is 0. The van der Waals surface area contributed by atoms with Crippen LogP contribution in [0.25, 0.3) is 0 Å². The van der Waals surface area contributed by atoms with Gasteiger partial charge in [-0.3, -0.25) is 0 Å². The van der Waals surface area contributed by atoms with Crippen LogP contribution in [0.1, 0.15) is 49.1 Å². The van der Waals surface area contributed by atoms with Gasteiger partial charge in [0.15, 0.2) is 0 Å². The number of nitrogens with zero attached hydrogens (tertiary/aromatic N) is 1. The Labute approximate surface area is 109 Å². The number of benzene rings is 1. The molecule has 3 heteroatoms. The van der Waals surface area contributed by atoms with E-state index >= 15 is 0 Å². The molecule has 2 saturated carbocycles. The van der Waals surface area contributed by atoms with Crippen LogP contribution < -0.4 is 0 Å². The Bertz CT molecular complexity index is 497. The van der Waals surface area contributed by atoms with Crippen LogP contribution in [0.2, 0.25) is 0 Å². The van der Waals surface area contributed by atoms with Crippen molar-refractivity contribution in [3.63, 3.8) is 0 Å². The maximum Gasteiger partial charge on any atom is 0.235 e. The number of aliphatic imine (C=N–C) groups is 1. The van der Waals surface area contributed by atoms with Crippen molar-refractivity contribution >= 4 is 22.0 Å². The largest absolute Gasteiger partial charge is 0.235 e. The third kappa shape index (κ3) is 1.88. The molecular weight excluding hydrogens is 278 g/mol. The molecule has 0 aromatic heterocycles. The molecule has 0 spiro atoms. The van der Waals surface area contributed by atoms with Crippen molar-refractivity contribution in [2.75, 3.05) is 0 Å². The van der Waals surface area contributed by atoms with Gasteiger partial charge >= 0.3 is 0 Å². The molecule has 1 aromatic rings. The highest BCUT2D eigenvalue weighted by Gasteiger charge is 2.39. The summed E-state index contributed by atoms with van der Waals surface area (Å²) >= 11 is 3.64. The number of carbonyl (C=O) groups excluding carboxylic acids is 1. The first-order valence-electron chi connectivity index (χ1n) is 6.14. The lowest BCUT2D eigenvalue weighted by Gasteiger charge is -2.37. The van der Waals surface area contributed by atoms with Gasteiger partial charge in [0.1, 0.15) is 0 Å². The predicted molar refractivity (Wildman–Crippen MR) is 69.8 cm³/mol. The predicted octanol–water partition coefficient (Wildman–Crippen LogP) is 4.04. The zero-order valence-corrected chi connectivity index (χ0v) is 11.2. The molecule has 88 valence electrons. The number of isocyanates is 1. The van der Waals surface area contributed by atoms with Crippen LogP contribution >= 0.6 is 15.9 Å². The molecule has 0 aliphatic heterocycles. The van der Waals surface area contributed by atoms with Gasteiger partial charge in [-0.15, -0.1) is 0 Å². The molecule has 0 amide bonds. The van der Waals surface area contributed by atoms with E-state index in [1.165, 1.54) is 22.9 Å². The highest BCUT2D eigenvalue weighted by molar-refractivity contribution is 9.10. The molecule has 0 atom stereocenters. The molecule has 17 heavy (non-hydrogen) atoms. The minimum absolute atomic E-state index is 0.271. The quantitative estimate of drug-likeness (QED) is 0.610. The molecule has 2 nitrogen and oxygen atoms in total. The lowest BCUT2D eigenvalue weighted by atomic mass is 9.72. The number of halogens is 1. The van der Waals surface area contributed by atoms with E-state index in [-0.39, 0.29) is 5.54 Å². The third-order valence-corrected chi connectivity index (χ3v) is 4.68. The van der Waals surface area contributed by atoms with Gasteiger partial charge in [-0.2, -0.15) is 4.99 Å². The molecule has 0 radical (unpaired) electrons. The van der Waals surface area contributed by atoms with Crippen molar-refractivity contribution in [2.45, 2.75) is 43.6 Å². The summed E-state index contributed by atoms with van der Waals surface area (Å²) < 4.78 is 1.17. The fourth-order valence-corrected chi connectivity index (χ4v) is 3.31. The number of rotatable bonds is 3. The Kier molecular flexibility index (Phi) is 2.68. The Morgan fingerprint density at radius 1 is 1.35 bits per heavy atom. The SMILES string of the molecule is O=C=NC1(c2ccc(C3CC3)c(Br)c2)CCC1. The fourth-order valence-electron chi connectivity index (χ4n) is 2.61. The standard InChI is InChI=1S/C14H14BrNO/c15-13-8-11(4-5-12(13)10-2-3-10)14(16-9-17)6-1-7-14/h4-5,8,10H,1-3,6-7H2. The van der Waals surface area contributed by atoms with Crippen LogP contribution in [0, 0.1) is 0 Å². The van der Waals surface area contributed by atoms with Crippen molar-refractivity contribution in [1.82, 2.24) is 0 Å². The second-order valence-electron chi connectivity index (χ2n) is 5.10. The monoisotopic (exact) mass is 291 g/mol. The zero-order valence-electron chi connectivity index (χ0n) is 9.58. The van der Waals surface area contributed by atoms with Crippen LogP contribution in [0.15, 0.2) is 27.7 Å². The van der Waals surface area contributed by atoms with E-state index in [4.69, 9.17) is 0 Å². The van der Waals surface area contributed by atoms with Crippen molar-refractivity contribution in [2.24, 2.45) is 4.99 Å². The summed E-state index contributed by atoms with van der Waals surface area (Å²) in [5, 5.41) is 0. The Morgan fingerprint density at radius 2 is 2.12 bits per heavy atom. The average molecular weight is 292 g/mol. The van der Waals surface area contributed by atoms with Crippen molar-refractivity contribution < 1.29 is 4.79 Å². The molecule has 0 saturated heterocycles. The van der Waals surface area contributed by atoms with Crippen LogP contribution in [-0.2, 0) is 10.3 Å². The van der Waals surface area contributed by atoms with Crippen LogP contribution in [0.4, 0.5) is 0 Å². The molecule has 3 rings (SSSR count). The molecular formula is C14H14BrNO. The van der Waals surface area contributed by atoms with Gasteiger partial charge in [0.05, 0.1) is 5.54 Å². The molecule has 0 N–H and O–H groups in total. The maximum atomic E-state index is 10.6. The van der Waals surface area contributed by atoms with E-state index in [0.717, 1.165) is 30.7 Å². The summed E-state index contributed by atoms with van der Waals surface area (Å²) in [6.45, 7) is 0. The number of hydrogen-bond donors (Lipinski definition) is 0. The topological polar surface area (TPSA) is 29.4 Å². The van der Waals surface area contributed by atoms with Crippen LogP contribution in [0.3, 0.4) is 0 Å². The first kappa shape index (κ1) is 11.2. The molecule has 0 unspecified atom stereocenters. The van der Waals surface area contributed by atoms with Gasteiger partial charge in [0, 0.05) is 4.47 Å². The Balaban J connectivity index is 1.97. The van der Waals surface area contributed by atoms with Gasteiger partial charge in [0.25, 0.3) is 0 Å². The lowest BCUT2D eigenvalue weighted by Crippen LogP contribution is -2.31. The molecule has 0 bridgehead atoms. The van der Waals surface area contributed by atoms with Gasteiger partial charge in [-0.05, 0) is 55.2 Å². The second kappa shape index (κ2) is 4.08. The molecule has 2 aliphatic rings. The van der Waals surface area contributed by atoms with E-state index in [0.29, 0.717) is 0 Å². The summed E-state index contributed by atoms with van der Waals surface area (Å²) in [5.41, 5.74) is 2.29. The van der Waals surface area contributed by atoms with Gasteiger partial charge in [-0.25, -0.2) is 4.79 Å². The van der Waals surface area contributed by atoms with Crippen LogP contribution in [-0.4, -0.2) is 6.08 Å². The van der Waals surface area contributed by atoms with E-state index in [1.54, 1.807) is 6.08 Å². The fraction of sp³-hybridized carbons (Fsp3) is 0.500. The smallest absolute Gasteiger partial charge is 0.211 e. The third-order valence-electron chi connectivity index (χ3n) is 4.00. The minimum Gasteiger partial charge on any atom is -0.211 e. The second-order valence-corrected chi connectivity index (χ2v) is 5.95. The summed E-state index contributed by atoms with van der Waals surface area (Å²) in [6, 6.07) is 6.48. The molecule has 2 aliphatic carbocycles. The molecule has 2 fully saturated rings. The summed E-state index contributed by atoms with van der Waals surface area (Å²) in [6.07, 6.45) is 7.43. The first-order valence-corrected chi connectivity index (χ1v) is 6.93. The van der Waals surface area contributed by atoms with E-state index < -0.39 is 0 Å². The zero-order chi connectivity index (χ0) is 11.9.